The number of aromatic amines is 1. The predicted octanol–water partition coefficient (Wildman–Crippen LogP) is 5.88. The third kappa shape index (κ3) is 5.45. The van der Waals surface area contributed by atoms with Crippen molar-refractivity contribution in [2.24, 2.45) is 0 Å². The van der Waals surface area contributed by atoms with Crippen LogP contribution in [0.3, 0.4) is 0 Å². The van der Waals surface area contributed by atoms with E-state index in [-0.39, 0.29) is 12.0 Å². The molecule has 3 N–H and O–H groups in total. The van der Waals surface area contributed by atoms with E-state index in [1.807, 2.05) is 26.0 Å². The van der Waals surface area contributed by atoms with Gasteiger partial charge in [-0.1, -0.05) is 6.08 Å². The number of nitrogens with one attached hydrogen (secondary N) is 2. The lowest BCUT2D eigenvalue weighted by Gasteiger charge is -2.23. The molecule has 5 rings (SSSR count). The van der Waals surface area contributed by atoms with Crippen LogP contribution in [0.2, 0.25) is 0 Å². The number of H-pyrrole nitrogens is 1. The fourth-order valence-electron chi connectivity index (χ4n) is 4.62. The minimum atomic E-state index is -0.947. The quantitative estimate of drug-likeness (QED) is 0.287. The molecule has 39 heavy (non-hydrogen) atoms. The monoisotopic (exact) mass is 529 g/mol. The largest absolute Gasteiger partial charge is 0.491 e. The number of nitrogens with zero attached hydrogens (tertiary/aromatic N) is 3. The van der Waals surface area contributed by atoms with Crippen molar-refractivity contribution in [3.05, 3.63) is 77.5 Å². The molecule has 2 aromatic heterocycles. The molecule has 1 aliphatic rings. The summed E-state index contributed by atoms with van der Waals surface area (Å²) >= 11 is 0. The van der Waals surface area contributed by atoms with Gasteiger partial charge in [-0.25, -0.2) is 19.2 Å². The van der Waals surface area contributed by atoms with E-state index < -0.39 is 11.9 Å². The van der Waals surface area contributed by atoms with Gasteiger partial charge in [-0.15, -0.1) is 0 Å². The number of benzene rings is 2. The topological polar surface area (TPSA) is 120 Å². The molecule has 4 aromatic rings. The highest BCUT2D eigenvalue weighted by molar-refractivity contribution is 6.05. The standard InChI is InChI=1S/C29H28FN5O4/c1-16(2)39-21-6-4-19(5-7-21)28(36)34-24-13-20(30)12-22(17(24)3)26-23-14-25(33-27(23)32-15-31-26)18-8-10-35(11-9-18)29(37)38/h4-8,12-16H,9-11H2,1-3H3,(H,34,36)(H,37,38)(H,31,32,33). The summed E-state index contributed by atoms with van der Waals surface area (Å²) in [5.74, 6) is -0.229. The maximum Gasteiger partial charge on any atom is 0.407 e. The Balaban J connectivity index is 1.45. The number of aromatic nitrogens is 3. The molecular formula is C29H28FN5O4. The molecule has 2 aromatic carbocycles. The van der Waals surface area contributed by atoms with Crippen LogP contribution in [0.25, 0.3) is 27.9 Å². The fraction of sp³-hybridized carbons (Fsp3) is 0.241. The Kier molecular flexibility index (Phi) is 7.02. The van der Waals surface area contributed by atoms with Crippen LogP contribution in [-0.4, -0.2) is 56.2 Å². The number of halogens is 1. The number of amides is 2. The molecule has 0 atom stereocenters. The van der Waals surface area contributed by atoms with E-state index in [9.17, 15) is 19.1 Å². The van der Waals surface area contributed by atoms with Crippen LogP contribution in [0.4, 0.5) is 14.9 Å². The van der Waals surface area contributed by atoms with E-state index in [0.717, 1.165) is 11.3 Å². The molecule has 0 fully saturated rings. The zero-order valence-corrected chi connectivity index (χ0v) is 21.8. The molecule has 0 unspecified atom stereocenters. The van der Waals surface area contributed by atoms with Gasteiger partial charge in [-0.3, -0.25) is 4.79 Å². The first-order valence-electron chi connectivity index (χ1n) is 12.6. The average molecular weight is 530 g/mol. The van der Waals surface area contributed by atoms with Crippen LogP contribution in [-0.2, 0) is 0 Å². The summed E-state index contributed by atoms with van der Waals surface area (Å²) in [6, 6.07) is 11.3. The van der Waals surface area contributed by atoms with E-state index >= 15 is 0 Å². The van der Waals surface area contributed by atoms with Gasteiger partial charge in [0.1, 0.15) is 23.5 Å². The summed E-state index contributed by atoms with van der Waals surface area (Å²) in [5.41, 5.74) is 4.82. The van der Waals surface area contributed by atoms with Gasteiger partial charge in [-0.2, -0.15) is 0 Å². The molecule has 200 valence electrons. The molecular weight excluding hydrogens is 501 g/mol. The molecule has 1 aliphatic heterocycles. The van der Waals surface area contributed by atoms with Crippen molar-refractivity contribution >= 4 is 34.3 Å². The summed E-state index contributed by atoms with van der Waals surface area (Å²) in [6.45, 7) is 6.35. The number of hydrogen-bond acceptors (Lipinski definition) is 5. The maximum absolute atomic E-state index is 14.8. The highest BCUT2D eigenvalue weighted by Crippen LogP contribution is 2.35. The van der Waals surface area contributed by atoms with Crippen LogP contribution >= 0.6 is 0 Å². The summed E-state index contributed by atoms with van der Waals surface area (Å²) in [5, 5.41) is 12.7. The Bertz CT molecular complexity index is 1590. The first kappa shape index (κ1) is 25.9. The number of anilines is 1. The Labute approximate surface area is 224 Å². The number of rotatable bonds is 6. The summed E-state index contributed by atoms with van der Waals surface area (Å²) in [6.07, 6.45) is 2.91. The van der Waals surface area contributed by atoms with E-state index in [4.69, 9.17) is 4.74 Å². The van der Waals surface area contributed by atoms with E-state index in [1.54, 1.807) is 31.2 Å². The van der Waals surface area contributed by atoms with Gasteiger partial charge in [0.05, 0.1) is 11.8 Å². The van der Waals surface area contributed by atoms with Crippen molar-refractivity contribution in [1.29, 1.82) is 0 Å². The molecule has 0 radical (unpaired) electrons. The van der Waals surface area contributed by atoms with Crippen molar-refractivity contribution in [2.75, 3.05) is 18.4 Å². The Morgan fingerprint density at radius 1 is 1.15 bits per heavy atom. The molecule has 2 amide bonds. The molecule has 0 spiro atoms. The third-order valence-electron chi connectivity index (χ3n) is 6.62. The van der Waals surface area contributed by atoms with Gasteiger partial charge >= 0.3 is 6.09 Å². The van der Waals surface area contributed by atoms with E-state index in [2.05, 4.69) is 20.3 Å². The lowest BCUT2D eigenvalue weighted by Crippen LogP contribution is -2.33. The maximum atomic E-state index is 14.8. The molecule has 0 saturated carbocycles. The number of carbonyl (C=O) groups excluding carboxylic acids is 1. The second-order valence-corrected chi connectivity index (χ2v) is 9.65. The zero-order chi connectivity index (χ0) is 27.7. The Morgan fingerprint density at radius 2 is 1.92 bits per heavy atom. The van der Waals surface area contributed by atoms with Gasteiger partial charge in [-0.05, 0) is 80.8 Å². The zero-order valence-electron chi connectivity index (χ0n) is 21.8. The minimum absolute atomic E-state index is 0.0177. The van der Waals surface area contributed by atoms with Gasteiger partial charge in [0, 0.05) is 41.0 Å². The van der Waals surface area contributed by atoms with Gasteiger partial charge in [0.2, 0.25) is 0 Å². The van der Waals surface area contributed by atoms with Crippen LogP contribution < -0.4 is 10.1 Å². The van der Waals surface area contributed by atoms with Crippen molar-refractivity contribution < 1.29 is 23.8 Å². The van der Waals surface area contributed by atoms with E-state index in [0.29, 0.717) is 64.4 Å². The molecule has 3 heterocycles. The highest BCUT2D eigenvalue weighted by Gasteiger charge is 2.21. The first-order valence-corrected chi connectivity index (χ1v) is 12.6. The van der Waals surface area contributed by atoms with Crippen molar-refractivity contribution in [3.63, 3.8) is 0 Å². The second-order valence-electron chi connectivity index (χ2n) is 9.65. The van der Waals surface area contributed by atoms with Crippen molar-refractivity contribution in [1.82, 2.24) is 19.9 Å². The SMILES string of the molecule is Cc1c(NC(=O)c2ccc(OC(C)C)cc2)cc(F)cc1-c1ncnc2[nH]c(C3=CCN(C(=O)O)CC3)cc12. The first-order chi connectivity index (χ1) is 18.7. The van der Waals surface area contributed by atoms with Crippen molar-refractivity contribution in [3.8, 4) is 17.0 Å². The predicted molar refractivity (Wildman–Crippen MR) is 146 cm³/mol. The summed E-state index contributed by atoms with van der Waals surface area (Å²) in [4.78, 5) is 37.6. The molecule has 10 heteroatoms. The van der Waals surface area contributed by atoms with Gasteiger partial charge < -0.3 is 25.0 Å². The molecule has 0 bridgehead atoms. The number of hydrogen-bond donors (Lipinski definition) is 3. The van der Waals surface area contributed by atoms with Crippen LogP contribution in [0.1, 0.15) is 41.9 Å². The average Bonchev–Trinajstić information content (AvgIpc) is 3.35. The van der Waals surface area contributed by atoms with Crippen molar-refractivity contribution in [2.45, 2.75) is 33.3 Å². The fourth-order valence-corrected chi connectivity index (χ4v) is 4.62. The third-order valence-corrected chi connectivity index (χ3v) is 6.62. The number of ether oxygens (including phenoxy) is 1. The Hall–Kier alpha value is -4.73. The number of fused-ring (bicyclic) bond motifs is 1. The minimum Gasteiger partial charge on any atom is -0.491 e. The van der Waals surface area contributed by atoms with Gasteiger partial charge in [0.25, 0.3) is 5.91 Å². The molecule has 0 saturated heterocycles. The number of carbonyl (C=O) groups is 2. The summed E-state index contributed by atoms with van der Waals surface area (Å²) in [7, 11) is 0. The van der Waals surface area contributed by atoms with Gasteiger partial charge in [0.15, 0.2) is 0 Å². The second kappa shape index (κ2) is 10.6. The smallest absolute Gasteiger partial charge is 0.407 e. The normalized spacial score (nSPS) is 13.5. The highest BCUT2D eigenvalue weighted by atomic mass is 19.1. The van der Waals surface area contributed by atoms with E-state index in [1.165, 1.54) is 23.4 Å². The van der Waals surface area contributed by atoms with Crippen LogP contribution in [0, 0.1) is 12.7 Å². The summed E-state index contributed by atoms with van der Waals surface area (Å²) < 4.78 is 20.5. The lowest BCUT2D eigenvalue weighted by atomic mass is 10.00. The Morgan fingerprint density at radius 3 is 2.59 bits per heavy atom. The molecule has 9 nitrogen and oxygen atoms in total. The van der Waals surface area contributed by atoms with Crippen LogP contribution in [0.15, 0.2) is 54.9 Å². The van der Waals surface area contributed by atoms with Crippen LogP contribution in [0.5, 0.6) is 5.75 Å². The number of carboxylic acid groups (broad SMARTS) is 1. The molecule has 0 aliphatic carbocycles. The lowest BCUT2D eigenvalue weighted by molar-refractivity contribution is 0.102.